The Morgan fingerprint density at radius 2 is 2.21 bits per heavy atom. The molecule has 0 fully saturated rings. The monoisotopic (exact) mass is 197 g/mol. The molecular weight excluding hydrogens is 178 g/mol. The molecule has 0 aromatic carbocycles. The van der Waals surface area contributed by atoms with Crippen molar-refractivity contribution in [2.24, 2.45) is 0 Å². The van der Waals surface area contributed by atoms with Crippen molar-refractivity contribution in [1.82, 2.24) is 5.32 Å². The van der Waals surface area contributed by atoms with E-state index in [4.69, 9.17) is 11.2 Å². The van der Waals surface area contributed by atoms with Crippen LogP contribution in [-0.4, -0.2) is 24.7 Å². The van der Waals surface area contributed by atoms with Gasteiger partial charge in [-0.15, -0.1) is 6.42 Å². The van der Waals surface area contributed by atoms with Gasteiger partial charge in [0.1, 0.15) is 5.60 Å². The van der Waals surface area contributed by atoms with Gasteiger partial charge in [-0.2, -0.15) is 0 Å². The average Bonchev–Trinajstić information content (AvgIpc) is 2.24. The summed E-state index contributed by atoms with van der Waals surface area (Å²) in [6, 6.07) is -0.205. The van der Waals surface area contributed by atoms with Crippen molar-refractivity contribution in [3.8, 4) is 12.3 Å². The maximum absolute atomic E-state index is 11.7. The molecule has 0 spiro atoms. The zero-order valence-corrected chi connectivity index (χ0v) is 9.39. The highest BCUT2D eigenvalue weighted by Gasteiger charge is 2.31. The molecule has 0 aliphatic heterocycles. The predicted molar refractivity (Wildman–Crippen MR) is 56.8 cm³/mol. The third kappa shape index (κ3) is 3.04. The van der Waals surface area contributed by atoms with Gasteiger partial charge in [0, 0.05) is 7.11 Å². The van der Waals surface area contributed by atoms with E-state index >= 15 is 0 Å². The van der Waals surface area contributed by atoms with Crippen LogP contribution in [0.15, 0.2) is 0 Å². The van der Waals surface area contributed by atoms with Crippen molar-refractivity contribution in [3.63, 3.8) is 0 Å². The quantitative estimate of drug-likeness (QED) is 0.675. The topological polar surface area (TPSA) is 38.3 Å². The first kappa shape index (κ1) is 13.0. The van der Waals surface area contributed by atoms with Crippen LogP contribution >= 0.6 is 0 Å². The van der Waals surface area contributed by atoms with Crippen LogP contribution in [0.4, 0.5) is 0 Å². The zero-order valence-electron chi connectivity index (χ0n) is 9.39. The number of hydrogen-bond donors (Lipinski definition) is 1. The minimum absolute atomic E-state index is 0.146. The van der Waals surface area contributed by atoms with Crippen LogP contribution in [0.2, 0.25) is 0 Å². The van der Waals surface area contributed by atoms with E-state index in [-0.39, 0.29) is 11.9 Å². The van der Waals surface area contributed by atoms with Crippen molar-refractivity contribution >= 4 is 5.91 Å². The van der Waals surface area contributed by atoms with Crippen LogP contribution in [0.5, 0.6) is 0 Å². The molecule has 1 N–H and O–H groups in total. The Morgan fingerprint density at radius 3 is 2.50 bits per heavy atom. The van der Waals surface area contributed by atoms with Crippen molar-refractivity contribution in [2.45, 2.75) is 45.3 Å². The standard InChI is InChI=1S/C11H19NO2/c1-6-9(7-2)12-10(13)11(4,8-3)14-5/h1,9H,7-8H2,2-5H3,(H,12,13). The van der Waals surface area contributed by atoms with E-state index in [1.807, 2.05) is 13.8 Å². The van der Waals surface area contributed by atoms with E-state index in [0.717, 1.165) is 6.42 Å². The molecule has 14 heavy (non-hydrogen) atoms. The number of ether oxygens (including phenoxy) is 1. The van der Waals surface area contributed by atoms with Gasteiger partial charge in [0.15, 0.2) is 0 Å². The van der Waals surface area contributed by atoms with Gasteiger partial charge in [-0.05, 0) is 19.8 Å². The SMILES string of the molecule is C#CC(CC)NC(=O)C(C)(CC)OC. The summed E-state index contributed by atoms with van der Waals surface area (Å²) in [5.74, 6) is 2.37. The van der Waals surface area contributed by atoms with Gasteiger partial charge in [0.05, 0.1) is 6.04 Å². The van der Waals surface area contributed by atoms with Gasteiger partial charge in [0.2, 0.25) is 0 Å². The highest BCUT2D eigenvalue weighted by atomic mass is 16.5. The maximum atomic E-state index is 11.7. The second-order valence-corrected chi connectivity index (χ2v) is 3.39. The summed E-state index contributed by atoms with van der Waals surface area (Å²) in [5.41, 5.74) is -0.774. The number of hydrogen-bond acceptors (Lipinski definition) is 2. The van der Waals surface area contributed by atoms with Crippen LogP contribution in [0.3, 0.4) is 0 Å². The van der Waals surface area contributed by atoms with Crippen molar-refractivity contribution < 1.29 is 9.53 Å². The van der Waals surface area contributed by atoms with Crippen molar-refractivity contribution in [2.75, 3.05) is 7.11 Å². The molecule has 1 amide bonds. The second kappa shape index (κ2) is 5.66. The Bertz CT molecular complexity index is 226. The first-order chi connectivity index (χ1) is 6.53. The molecule has 0 aliphatic rings. The number of amides is 1. The third-order valence-electron chi connectivity index (χ3n) is 2.52. The lowest BCUT2D eigenvalue weighted by Gasteiger charge is -2.26. The van der Waals surface area contributed by atoms with Crippen LogP contribution < -0.4 is 5.32 Å². The average molecular weight is 197 g/mol. The number of rotatable bonds is 5. The summed E-state index contributed by atoms with van der Waals surface area (Å²) in [7, 11) is 1.53. The lowest BCUT2D eigenvalue weighted by atomic mass is 10.0. The Kier molecular flexibility index (Phi) is 5.26. The normalized spacial score (nSPS) is 16.5. The highest BCUT2D eigenvalue weighted by molar-refractivity contribution is 5.85. The summed E-state index contributed by atoms with van der Waals surface area (Å²) >= 11 is 0. The molecule has 0 bridgehead atoms. The molecule has 2 unspecified atom stereocenters. The summed E-state index contributed by atoms with van der Waals surface area (Å²) in [4.78, 5) is 11.7. The predicted octanol–water partition coefficient (Wildman–Crippen LogP) is 1.33. The fraction of sp³-hybridized carbons (Fsp3) is 0.727. The summed E-state index contributed by atoms with van der Waals surface area (Å²) in [6.45, 7) is 5.59. The molecular formula is C11H19NO2. The Labute approximate surface area is 86.2 Å². The first-order valence-corrected chi connectivity index (χ1v) is 4.86. The first-order valence-electron chi connectivity index (χ1n) is 4.86. The number of methoxy groups -OCH3 is 1. The number of carbonyl (C=O) groups is 1. The summed E-state index contributed by atoms with van der Waals surface area (Å²) in [5, 5.41) is 2.76. The van der Waals surface area contributed by atoms with E-state index in [2.05, 4.69) is 11.2 Å². The van der Waals surface area contributed by atoms with Gasteiger partial charge in [0.25, 0.3) is 5.91 Å². The fourth-order valence-corrected chi connectivity index (χ4v) is 0.970. The molecule has 0 radical (unpaired) electrons. The van der Waals surface area contributed by atoms with Gasteiger partial charge < -0.3 is 10.1 Å². The molecule has 0 saturated heterocycles. The van der Waals surface area contributed by atoms with Crippen LogP contribution in [0.1, 0.15) is 33.6 Å². The van der Waals surface area contributed by atoms with E-state index in [0.29, 0.717) is 6.42 Å². The van der Waals surface area contributed by atoms with Gasteiger partial charge in [-0.25, -0.2) is 0 Å². The lowest BCUT2D eigenvalue weighted by molar-refractivity contribution is -0.142. The number of terminal acetylenes is 1. The van der Waals surface area contributed by atoms with Crippen molar-refractivity contribution in [1.29, 1.82) is 0 Å². The minimum Gasteiger partial charge on any atom is -0.369 e. The van der Waals surface area contributed by atoms with E-state index < -0.39 is 5.60 Å². The number of carbonyl (C=O) groups excluding carboxylic acids is 1. The molecule has 0 rings (SSSR count). The number of nitrogens with one attached hydrogen (secondary N) is 1. The zero-order chi connectivity index (χ0) is 11.2. The van der Waals surface area contributed by atoms with E-state index in [9.17, 15) is 4.79 Å². The molecule has 0 aliphatic carbocycles. The van der Waals surface area contributed by atoms with E-state index in [1.54, 1.807) is 6.92 Å². The maximum Gasteiger partial charge on any atom is 0.252 e. The van der Waals surface area contributed by atoms with Crippen molar-refractivity contribution in [3.05, 3.63) is 0 Å². The van der Waals surface area contributed by atoms with Crippen LogP contribution in [-0.2, 0) is 9.53 Å². The highest BCUT2D eigenvalue weighted by Crippen LogP contribution is 2.14. The molecule has 80 valence electrons. The van der Waals surface area contributed by atoms with Gasteiger partial charge in [-0.3, -0.25) is 4.79 Å². The molecule has 0 saturated carbocycles. The summed E-state index contributed by atoms with van der Waals surface area (Å²) < 4.78 is 5.16. The third-order valence-corrected chi connectivity index (χ3v) is 2.52. The Hall–Kier alpha value is -1.01. The van der Waals surface area contributed by atoms with Gasteiger partial charge in [-0.1, -0.05) is 19.8 Å². The molecule has 0 aromatic rings. The lowest BCUT2D eigenvalue weighted by Crippen LogP contribution is -2.48. The molecule has 0 aromatic heterocycles. The van der Waals surface area contributed by atoms with Crippen LogP contribution in [0, 0.1) is 12.3 Å². The Balaban J connectivity index is 4.40. The second-order valence-electron chi connectivity index (χ2n) is 3.39. The Morgan fingerprint density at radius 1 is 1.64 bits per heavy atom. The van der Waals surface area contributed by atoms with Crippen LogP contribution in [0.25, 0.3) is 0 Å². The summed E-state index contributed by atoms with van der Waals surface area (Å²) in [6.07, 6.45) is 6.60. The fourth-order valence-electron chi connectivity index (χ4n) is 0.970. The molecule has 2 atom stereocenters. The molecule has 0 heterocycles. The largest absolute Gasteiger partial charge is 0.369 e. The molecule has 3 nitrogen and oxygen atoms in total. The minimum atomic E-state index is -0.774. The smallest absolute Gasteiger partial charge is 0.252 e. The van der Waals surface area contributed by atoms with Gasteiger partial charge >= 0.3 is 0 Å². The molecule has 3 heteroatoms. The van der Waals surface area contributed by atoms with E-state index in [1.165, 1.54) is 7.11 Å².